The van der Waals surface area contributed by atoms with E-state index < -0.39 is 0 Å². The van der Waals surface area contributed by atoms with Gasteiger partial charge in [-0.1, -0.05) is 0 Å². The summed E-state index contributed by atoms with van der Waals surface area (Å²) in [4.78, 5) is 11.3. The fourth-order valence-corrected chi connectivity index (χ4v) is 1.68. The smallest absolute Gasteiger partial charge is 0.419 e. The summed E-state index contributed by atoms with van der Waals surface area (Å²) in [5, 5.41) is 9.31. The number of fused-ring (bicyclic) bond motifs is 1. The fraction of sp³-hybridized carbons (Fsp3) is 0.300. The van der Waals surface area contributed by atoms with E-state index in [-0.39, 0.29) is 11.5 Å². The average molecular weight is 193 g/mol. The molecule has 0 bridgehead atoms. The lowest BCUT2D eigenvalue weighted by atomic mass is 10.2. The van der Waals surface area contributed by atoms with Gasteiger partial charge in [-0.25, -0.2) is 4.79 Å². The molecule has 0 aliphatic carbocycles. The predicted octanol–water partition coefficient (Wildman–Crippen LogP) is 1.63. The monoisotopic (exact) mass is 193 g/mol. The van der Waals surface area contributed by atoms with Crippen LogP contribution in [0.5, 0.6) is 5.75 Å². The summed E-state index contributed by atoms with van der Waals surface area (Å²) in [5.74, 6) is -0.261. The number of phenols is 1. The molecule has 0 aliphatic rings. The molecule has 14 heavy (non-hydrogen) atoms. The zero-order valence-electron chi connectivity index (χ0n) is 8.07. The van der Waals surface area contributed by atoms with Gasteiger partial charge in [0.05, 0.1) is 5.52 Å². The van der Waals surface area contributed by atoms with Crippen LogP contribution in [0.25, 0.3) is 11.1 Å². The molecule has 4 heteroatoms. The lowest BCUT2D eigenvalue weighted by Gasteiger charge is -2.00. The maximum atomic E-state index is 11.3. The highest BCUT2D eigenvalue weighted by molar-refractivity contribution is 5.78. The minimum atomic E-state index is -0.379. The third-order valence-corrected chi connectivity index (χ3v) is 2.25. The van der Waals surface area contributed by atoms with Crippen LogP contribution in [0.4, 0.5) is 0 Å². The Kier molecular flexibility index (Phi) is 1.84. The highest BCUT2D eigenvalue weighted by atomic mass is 16.4. The summed E-state index contributed by atoms with van der Waals surface area (Å²) in [6.07, 6.45) is 0. The topological polar surface area (TPSA) is 55.4 Å². The van der Waals surface area contributed by atoms with Crippen molar-refractivity contribution in [3.05, 3.63) is 28.2 Å². The number of nitrogens with zero attached hydrogens (tertiary/aromatic N) is 1. The maximum Gasteiger partial charge on any atom is 0.419 e. The van der Waals surface area contributed by atoms with Gasteiger partial charge in [0.2, 0.25) is 0 Å². The van der Waals surface area contributed by atoms with Crippen molar-refractivity contribution in [2.24, 2.45) is 0 Å². The maximum absolute atomic E-state index is 11.3. The van der Waals surface area contributed by atoms with Gasteiger partial charge < -0.3 is 9.52 Å². The van der Waals surface area contributed by atoms with Crippen LogP contribution in [0, 0.1) is 6.92 Å². The summed E-state index contributed by atoms with van der Waals surface area (Å²) in [6, 6.07) is 3.07. The molecule has 0 atom stereocenters. The lowest BCUT2D eigenvalue weighted by molar-refractivity contribution is 0.472. The minimum Gasteiger partial charge on any atom is -0.508 e. The van der Waals surface area contributed by atoms with Gasteiger partial charge in [-0.2, -0.15) is 0 Å². The second-order valence-electron chi connectivity index (χ2n) is 3.22. The minimum absolute atomic E-state index is 0.118. The predicted molar refractivity (Wildman–Crippen MR) is 52.5 cm³/mol. The largest absolute Gasteiger partial charge is 0.508 e. The Morgan fingerprint density at radius 3 is 2.86 bits per heavy atom. The molecule has 74 valence electrons. The van der Waals surface area contributed by atoms with Crippen molar-refractivity contribution in [2.75, 3.05) is 0 Å². The second-order valence-corrected chi connectivity index (χ2v) is 3.22. The number of rotatable bonds is 1. The Morgan fingerprint density at radius 1 is 1.50 bits per heavy atom. The van der Waals surface area contributed by atoms with Gasteiger partial charge in [-0.05, 0) is 25.5 Å². The summed E-state index contributed by atoms with van der Waals surface area (Å²) in [7, 11) is 0. The normalized spacial score (nSPS) is 11.0. The van der Waals surface area contributed by atoms with E-state index in [0.717, 1.165) is 11.1 Å². The molecular weight excluding hydrogens is 182 g/mol. The van der Waals surface area contributed by atoms with Gasteiger partial charge in [-0.3, -0.25) is 4.57 Å². The van der Waals surface area contributed by atoms with E-state index in [9.17, 15) is 9.90 Å². The van der Waals surface area contributed by atoms with Crippen LogP contribution in [0.3, 0.4) is 0 Å². The third kappa shape index (κ3) is 1.11. The zero-order chi connectivity index (χ0) is 10.3. The first-order valence-corrected chi connectivity index (χ1v) is 4.46. The van der Waals surface area contributed by atoms with Crippen molar-refractivity contribution in [2.45, 2.75) is 20.4 Å². The Morgan fingerprint density at radius 2 is 2.21 bits per heavy atom. The Bertz CT molecular complexity index is 536. The van der Waals surface area contributed by atoms with Crippen LogP contribution in [-0.2, 0) is 6.54 Å². The van der Waals surface area contributed by atoms with E-state index in [1.54, 1.807) is 10.6 Å². The SMILES string of the molecule is CCn1c(=O)oc2cc(O)cc(C)c21. The summed E-state index contributed by atoms with van der Waals surface area (Å²) in [5.41, 5.74) is 2.04. The van der Waals surface area contributed by atoms with E-state index in [1.165, 1.54) is 6.07 Å². The van der Waals surface area contributed by atoms with Crippen molar-refractivity contribution < 1.29 is 9.52 Å². The zero-order valence-corrected chi connectivity index (χ0v) is 8.07. The van der Waals surface area contributed by atoms with E-state index in [4.69, 9.17) is 4.42 Å². The molecule has 0 unspecified atom stereocenters. The Labute approximate surface area is 80.4 Å². The number of aromatic nitrogens is 1. The Hall–Kier alpha value is -1.71. The number of benzene rings is 1. The second kappa shape index (κ2) is 2.90. The molecule has 0 saturated carbocycles. The van der Waals surface area contributed by atoms with E-state index in [2.05, 4.69) is 0 Å². The number of aryl methyl sites for hydroxylation is 2. The molecule has 0 fully saturated rings. The molecule has 0 radical (unpaired) electrons. The molecule has 0 aliphatic heterocycles. The van der Waals surface area contributed by atoms with Crippen molar-refractivity contribution in [1.82, 2.24) is 4.57 Å². The number of oxazole rings is 1. The number of hydrogen-bond acceptors (Lipinski definition) is 3. The van der Waals surface area contributed by atoms with E-state index in [1.807, 2.05) is 13.8 Å². The average Bonchev–Trinajstić information content (AvgIpc) is 2.40. The van der Waals surface area contributed by atoms with Crippen LogP contribution >= 0.6 is 0 Å². The first-order valence-electron chi connectivity index (χ1n) is 4.46. The molecule has 1 heterocycles. The lowest BCUT2D eigenvalue weighted by Crippen LogP contribution is -2.12. The quantitative estimate of drug-likeness (QED) is 0.748. The highest BCUT2D eigenvalue weighted by Gasteiger charge is 2.10. The van der Waals surface area contributed by atoms with Crippen LogP contribution in [-0.4, -0.2) is 9.67 Å². The van der Waals surface area contributed by atoms with Gasteiger partial charge in [0.1, 0.15) is 5.75 Å². The van der Waals surface area contributed by atoms with Crippen LogP contribution in [0.1, 0.15) is 12.5 Å². The van der Waals surface area contributed by atoms with Crippen molar-refractivity contribution in [3.63, 3.8) is 0 Å². The van der Waals surface area contributed by atoms with E-state index in [0.29, 0.717) is 12.1 Å². The van der Waals surface area contributed by atoms with Crippen LogP contribution in [0.2, 0.25) is 0 Å². The Balaban J connectivity index is 2.95. The molecule has 2 aromatic rings. The van der Waals surface area contributed by atoms with Gasteiger partial charge in [0.15, 0.2) is 5.58 Å². The molecule has 0 saturated heterocycles. The van der Waals surface area contributed by atoms with Crippen molar-refractivity contribution >= 4 is 11.1 Å². The standard InChI is InChI=1S/C10H11NO3/c1-3-11-9-6(2)4-7(12)5-8(9)14-10(11)13/h4-5,12H,3H2,1-2H3. The van der Waals surface area contributed by atoms with Crippen molar-refractivity contribution in [3.8, 4) is 5.75 Å². The molecule has 1 aromatic heterocycles. The van der Waals surface area contributed by atoms with Gasteiger partial charge in [0, 0.05) is 12.6 Å². The van der Waals surface area contributed by atoms with Gasteiger partial charge >= 0.3 is 5.76 Å². The molecule has 0 spiro atoms. The molecule has 1 N–H and O–H groups in total. The first kappa shape index (κ1) is 8.87. The van der Waals surface area contributed by atoms with E-state index >= 15 is 0 Å². The van der Waals surface area contributed by atoms with Gasteiger partial charge in [0.25, 0.3) is 0 Å². The summed E-state index contributed by atoms with van der Waals surface area (Å²) < 4.78 is 6.54. The fourth-order valence-electron chi connectivity index (χ4n) is 1.68. The van der Waals surface area contributed by atoms with Crippen LogP contribution < -0.4 is 5.76 Å². The molecule has 0 amide bonds. The van der Waals surface area contributed by atoms with Gasteiger partial charge in [-0.15, -0.1) is 0 Å². The molecular formula is C10H11NO3. The molecule has 4 nitrogen and oxygen atoms in total. The summed E-state index contributed by atoms with van der Waals surface area (Å²) >= 11 is 0. The first-order chi connectivity index (χ1) is 6.63. The van der Waals surface area contributed by atoms with Crippen molar-refractivity contribution in [1.29, 1.82) is 0 Å². The molecule has 2 rings (SSSR count). The number of hydrogen-bond donors (Lipinski definition) is 1. The number of aromatic hydroxyl groups is 1. The third-order valence-electron chi connectivity index (χ3n) is 2.25. The number of phenolic OH excluding ortho intramolecular Hbond substituents is 1. The summed E-state index contributed by atoms with van der Waals surface area (Å²) in [6.45, 7) is 4.28. The van der Waals surface area contributed by atoms with Crippen LogP contribution in [0.15, 0.2) is 21.3 Å². The molecule has 1 aromatic carbocycles. The highest BCUT2D eigenvalue weighted by Crippen LogP contribution is 2.23.